The van der Waals surface area contributed by atoms with Crippen molar-refractivity contribution in [1.82, 2.24) is 5.32 Å². The van der Waals surface area contributed by atoms with E-state index >= 15 is 0 Å². The average Bonchev–Trinajstić information content (AvgIpc) is 2.33. The van der Waals surface area contributed by atoms with Crippen molar-refractivity contribution < 1.29 is 13.2 Å². The Morgan fingerprint density at radius 3 is 2.33 bits per heavy atom. The molecule has 0 aromatic heterocycles. The molecule has 0 fully saturated rings. The average molecular weight is 312 g/mol. The first-order valence-corrected chi connectivity index (χ1v) is 8.39. The number of primary sulfonamides is 1. The Hall–Kier alpha value is -1.40. The summed E-state index contributed by atoms with van der Waals surface area (Å²) in [5.41, 5.74) is 1.16. The van der Waals surface area contributed by atoms with Crippen molar-refractivity contribution in [2.75, 3.05) is 6.54 Å². The third kappa shape index (κ3) is 4.82. The van der Waals surface area contributed by atoms with E-state index in [-0.39, 0.29) is 16.2 Å². The van der Waals surface area contributed by atoms with E-state index in [1.165, 1.54) is 18.2 Å². The fourth-order valence-corrected chi connectivity index (χ4v) is 2.31. The van der Waals surface area contributed by atoms with Gasteiger partial charge in [0, 0.05) is 12.1 Å². The molecule has 1 unspecified atom stereocenters. The highest BCUT2D eigenvalue weighted by Gasteiger charge is 2.21. The maximum absolute atomic E-state index is 12.2. The van der Waals surface area contributed by atoms with Crippen molar-refractivity contribution in [3.63, 3.8) is 0 Å². The van der Waals surface area contributed by atoms with E-state index in [0.717, 1.165) is 0 Å². The number of amides is 1. The van der Waals surface area contributed by atoms with Crippen LogP contribution in [-0.2, 0) is 10.0 Å². The summed E-state index contributed by atoms with van der Waals surface area (Å²) in [6, 6.07) is 4.26. The molecule has 1 aromatic carbocycles. The minimum Gasteiger partial charge on any atom is -0.352 e. The summed E-state index contributed by atoms with van der Waals surface area (Å²) in [5, 5.41) is 7.95. The molecule has 0 bridgehead atoms. The van der Waals surface area contributed by atoms with Crippen molar-refractivity contribution in [2.45, 2.75) is 39.5 Å². The van der Waals surface area contributed by atoms with Crippen molar-refractivity contribution in [2.24, 2.45) is 16.5 Å². The number of benzene rings is 1. The van der Waals surface area contributed by atoms with E-state index in [1.807, 2.05) is 0 Å². The van der Waals surface area contributed by atoms with E-state index in [1.54, 1.807) is 6.92 Å². The van der Waals surface area contributed by atoms with Gasteiger partial charge in [0.25, 0.3) is 5.91 Å². The summed E-state index contributed by atoms with van der Waals surface area (Å²) in [4.78, 5) is 12.2. The van der Waals surface area contributed by atoms with Crippen LogP contribution in [0.3, 0.4) is 0 Å². The molecule has 3 N–H and O–H groups in total. The Kier molecular flexibility index (Phi) is 5.17. The van der Waals surface area contributed by atoms with Gasteiger partial charge in [-0.25, -0.2) is 13.6 Å². The standard InChI is InChI=1S/C15H24N2O3S/c1-10-8-12(21(16,19)20)6-7-13(10)14(18)17-9-11(2)15(3,4)5/h6-8,11H,9H2,1-5H3,(H,17,18)(H2,16,19,20). The molecule has 5 nitrogen and oxygen atoms in total. The smallest absolute Gasteiger partial charge is 0.251 e. The van der Waals surface area contributed by atoms with Gasteiger partial charge >= 0.3 is 0 Å². The summed E-state index contributed by atoms with van der Waals surface area (Å²) in [6.45, 7) is 10.7. The Morgan fingerprint density at radius 2 is 1.90 bits per heavy atom. The first-order valence-electron chi connectivity index (χ1n) is 6.84. The third-order valence-corrected chi connectivity index (χ3v) is 4.73. The maximum Gasteiger partial charge on any atom is 0.251 e. The molecule has 118 valence electrons. The summed E-state index contributed by atoms with van der Waals surface area (Å²) >= 11 is 0. The Bertz CT molecular complexity index is 631. The van der Waals surface area contributed by atoms with Gasteiger partial charge < -0.3 is 5.32 Å². The molecule has 21 heavy (non-hydrogen) atoms. The largest absolute Gasteiger partial charge is 0.352 e. The summed E-state index contributed by atoms with van der Waals surface area (Å²) in [5.74, 6) is 0.120. The zero-order valence-electron chi connectivity index (χ0n) is 13.2. The zero-order valence-corrected chi connectivity index (χ0v) is 14.0. The van der Waals surface area contributed by atoms with Crippen LogP contribution in [0, 0.1) is 18.3 Å². The molecule has 0 spiro atoms. The van der Waals surface area contributed by atoms with E-state index in [0.29, 0.717) is 23.6 Å². The van der Waals surface area contributed by atoms with Crippen molar-refractivity contribution >= 4 is 15.9 Å². The highest BCUT2D eigenvalue weighted by atomic mass is 32.2. The van der Waals surface area contributed by atoms with Gasteiger partial charge in [0.1, 0.15) is 0 Å². The molecule has 1 atom stereocenters. The molecule has 0 heterocycles. The molecule has 0 saturated carbocycles. The van der Waals surface area contributed by atoms with Crippen LogP contribution in [0.5, 0.6) is 0 Å². The normalized spacial score (nSPS) is 13.8. The van der Waals surface area contributed by atoms with Gasteiger partial charge in [-0.05, 0) is 42.0 Å². The van der Waals surface area contributed by atoms with Crippen LogP contribution in [0.25, 0.3) is 0 Å². The van der Waals surface area contributed by atoms with Gasteiger partial charge in [-0.15, -0.1) is 0 Å². The van der Waals surface area contributed by atoms with E-state index in [4.69, 9.17) is 5.14 Å². The van der Waals surface area contributed by atoms with Gasteiger partial charge in [-0.3, -0.25) is 4.79 Å². The lowest BCUT2D eigenvalue weighted by Crippen LogP contribution is -2.34. The van der Waals surface area contributed by atoms with Gasteiger partial charge in [-0.2, -0.15) is 0 Å². The fourth-order valence-electron chi connectivity index (χ4n) is 1.72. The lowest BCUT2D eigenvalue weighted by atomic mass is 9.82. The van der Waals surface area contributed by atoms with E-state index < -0.39 is 10.0 Å². The summed E-state index contributed by atoms with van der Waals surface area (Å²) < 4.78 is 22.5. The van der Waals surface area contributed by atoms with Gasteiger partial charge in [0.2, 0.25) is 10.0 Å². The zero-order chi connectivity index (χ0) is 16.4. The van der Waals surface area contributed by atoms with Crippen LogP contribution < -0.4 is 10.5 Å². The van der Waals surface area contributed by atoms with Crippen LogP contribution in [0.4, 0.5) is 0 Å². The number of hydrogen-bond donors (Lipinski definition) is 2. The Morgan fingerprint density at radius 1 is 1.33 bits per heavy atom. The third-order valence-electron chi connectivity index (χ3n) is 3.82. The number of carbonyl (C=O) groups is 1. The van der Waals surface area contributed by atoms with E-state index in [9.17, 15) is 13.2 Å². The molecule has 0 aliphatic heterocycles. The first-order chi connectivity index (χ1) is 9.43. The van der Waals surface area contributed by atoms with Crippen molar-refractivity contribution in [3.8, 4) is 0 Å². The highest BCUT2D eigenvalue weighted by Crippen LogP contribution is 2.24. The molecule has 6 heteroatoms. The first kappa shape index (κ1) is 17.7. The number of nitrogens with one attached hydrogen (secondary N) is 1. The quantitative estimate of drug-likeness (QED) is 0.891. The number of sulfonamides is 1. The minimum atomic E-state index is -3.74. The minimum absolute atomic E-state index is 0.0135. The number of aryl methyl sites for hydroxylation is 1. The highest BCUT2D eigenvalue weighted by molar-refractivity contribution is 7.89. The van der Waals surface area contributed by atoms with Crippen LogP contribution in [0.1, 0.15) is 43.6 Å². The van der Waals surface area contributed by atoms with Gasteiger partial charge in [-0.1, -0.05) is 27.7 Å². The Balaban J connectivity index is 2.85. The number of carbonyl (C=O) groups excluding carboxylic acids is 1. The van der Waals surface area contributed by atoms with Gasteiger partial charge in [0.15, 0.2) is 0 Å². The number of rotatable bonds is 4. The predicted octanol–water partition coefficient (Wildman–Crippen LogP) is 2.05. The van der Waals surface area contributed by atoms with Crippen molar-refractivity contribution in [1.29, 1.82) is 0 Å². The molecule has 1 amide bonds. The lowest BCUT2D eigenvalue weighted by molar-refractivity contribution is 0.0936. The molecule has 0 saturated heterocycles. The summed E-state index contributed by atoms with van der Waals surface area (Å²) in [6.07, 6.45) is 0. The number of nitrogens with two attached hydrogens (primary N) is 1. The molecule has 0 radical (unpaired) electrons. The van der Waals surface area contributed by atoms with Crippen LogP contribution in [0.2, 0.25) is 0 Å². The maximum atomic E-state index is 12.2. The predicted molar refractivity (Wildman–Crippen MR) is 83.5 cm³/mol. The van der Waals surface area contributed by atoms with Crippen LogP contribution >= 0.6 is 0 Å². The molecule has 0 aliphatic rings. The molecular weight excluding hydrogens is 288 g/mol. The summed E-state index contributed by atoms with van der Waals surface area (Å²) in [7, 11) is -3.74. The second-order valence-corrected chi connectivity index (χ2v) is 8.06. The lowest BCUT2D eigenvalue weighted by Gasteiger charge is -2.27. The number of hydrogen-bond acceptors (Lipinski definition) is 3. The fraction of sp³-hybridized carbons (Fsp3) is 0.533. The second-order valence-electron chi connectivity index (χ2n) is 6.50. The molecule has 1 aromatic rings. The van der Waals surface area contributed by atoms with Crippen LogP contribution in [-0.4, -0.2) is 20.9 Å². The van der Waals surface area contributed by atoms with Crippen LogP contribution in [0.15, 0.2) is 23.1 Å². The monoisotopic (exact) mass is 312 g/mol. The van der Waals surface area contributed by atoms with Crippen molar-refractivity contribution in [3.05, 3.63) is 29.3 Å². The second kappa shape index (κ2) is 6.15. The SMILES string of the molecule is Cc1cc(S(N)(=O)=O)ccc1C(=O)NCC(C)C(C)(C)C. The molecule has 1 rings (SSSR count). The van der Waals surface area contributed by atoms with E-state index in [2.05, 4.69) is 33.0 Å². The topological polar surface area (TPSA) is 89.3 Å². The molecule has 0 aliphatic carbocycles. The Labute approximate surface area is 127 Å². The molecular formula is C15H24N2O3S. The van der Waals surface area contributed by atoms with Gasteiger partial charge in [0.05, 0.1) is 4.90 Å².